The van der Waals surface area contributed by atoms with Gasteiger partial charge < -0.3 is 9.84 Å². The number of amides is 1. The molecule has 35 heavy (non-hydrogen) atoms. The highest BCUT2D eigenvalue weighted by molar-refractivity contribution is 6.51. The van der Waals surface area contributed by atoms with Crippen molar-refractivity contribution in [3.63, 3.8) is 0 Å². The molecule has 0 saturated carbocycles. The average Bonchev–Trinajstić information content (AvgIpc) is 3.07. The highest BCUT2D eigenvalue weighted by atomic mass is 35.5. The number of benzene rings is 3. The molecule has 1 N–H and O–H groups in total. The number of halogens is 3. The Morgan fingerprint density at radius 3 is 2.40 bits per heavy atom. The molecule has 1 atom stereocenters. The van der Waals surface area contributed by atoms with Gasteiger partial charge in [-0.15, -0.1) is 0 Å². The molecular formula is C27H22Cl2FNO4. The molecule has 1 unspecified atom stereocenters. The van der Waals surface area contributed by atoms with Gasteiger partial charge in [0.15, 0.2) is 0 Å². The molecule has 1 amide bonds. The summed E-state index contributed by atoms with van der Waals surface area (Å²) in [7, 11) is 0. The fourth-order valence-corrected chi connectivity index (χ4v) is 4.37. The van der Waals surface area contributed by atoms with Crippen LogP contribution < -0.4 is 9.64 Å². The topological polar surface area (TPSA) is 66.8 Å². The van der Waals surface area contributed by atoms with E-state index in [2.05, 4.69) is 0 Å². The highest BCUT2D eigenvalue weighted by Crippen LogP contribution is 2.43. The maximum atomic E-state index is 14.0. The fourth-order valence-electron chi connectivity index (χ4n) is 4.06. The number of nitrogens with zero attached hydrogens (tertiary/aromatic N) is 1. The van der Waals surface area contributed by atoms with Gasteiger partial charge in [0.25, 0.3) is 11.7 Å². The molecule has 0 aliphatic carbocycles. The van der Waals surface area contributed by atoms with Crippen LogP contribution in [0.1, 0.15) is 36.6 Å². The average molecular weight is 514 g/mol. The number of aryl methyl sites for hydroxylation is 1. The van der Waals surface area contributed by atoms with Crippen molar-refractivity contribution >= 4 is 46.3 Å². The molecule has 4 rings (SSSR count). The third-order valence-electron chi connectivity index (χ3n) is 5.60. The van der Waals surface area contributed by atoms with Crippen LogP contribution in [0.3, 0.4) is 0 Å². The second kappa shape index (κ2) is 9.72. The first-order valence-electron chi connectivity index (χ1n) is 10.9. The van der Waals surface area contributed by atoms with Crippen molar-refractivity contribution in [1.82, 2.24) is 0 Å². The Kier molecular flexibility index (Phi) is 6.88. The molecular weight excluding hydrogens is 492 g/mol. The van der Waals surface area contributed by atoms with E-state index in [4.69, 9.17) is 27.9 Å². The Hall–Kier alpha value is -3.35. The van der Waals surface area contributed by atoms with E-state index in [9.17, 15) is 19.1 Å². The molecule has 5 nitrogen and oxygen atoms in total. The van der Waals surface area contributed by atoms with Crippen LogP contribution >= 0.6 is 23.2 Å². The first-order valence-corrected chi connectivity index (χ1v) is 11.6. The van der Waals surface area contributed by atoms with E-state index < -0.39 is 23.5 Å². The number of Topliss-reactive ketones (excluding diaryl/α,β-unsaturated/α-hetero) is 1. The Bertz CT molecular complexity index is 1370. The first kappa shape index (κ1) is 24.8. The van der Waals surface area contributed by atoms with Crippen molar-refractivity contribution in [2.24, 2.45) is 0 Å². The molecule has 0 spiro atoms. The maximum absolute atomic E-state index is 14.0. The lowest BCUT2D eigenvalue weighted by molar-refractivity contribution is -0.132. The normalized spacial score (nSPS) is 17.3. The third kappa shape index (κ3) is 4.77. The monoisotopic (exact) mass is 513 g/mol. The van der Waals surface area contributed by atoms with Gasteiger partial charge >= 0.3 is 0 Å². The van der Waals surface area contributed by atoms with E-state index in [0.717, 1.165) is 16.5 Å². The van der Waals surface area contributed by atoms with Crippen molar-refractivity contribution in [2.75, 3.05) is 4.90 Å². The lowest BCUT2D eigenvalue weighted by Crippen LogP contribution is -2.29. The Labute approximate surface area is 212 Å². The molecule has 3 aromatic rings. The zero-order valence-electron chi connectivity index (χ0n) is 19.2. The summed E-state index contributed by atoms with van der Waals surface area (Å²) in [6.45, 7) is 5.62. The van der Waals surface area contributed by atoms with E-state index in [-0.39, 0.29) is 33.2 Å². The van der Waals surface area contributed by atoms with Crippen LogP contribution in [0.2, 0.25) is 10.0 Å². The molecule has 1 aliphatic heterocycles. The molecule has 180 valence electrons. The number of ketones is 1. The van der Waals surface area contributed by atoms with Crippen LogP contribution in [0.15, 0.2) is 66.2 Å². The Morgan fingerprint density at radius 2 is 1.77 bits per heavy atom. The third-order valence-corrected chi connectivity index (χ3v) is 6.34. The van der Waals surface area contributed by atoms with E-state index in [0.29, 0.717) is 16.9 Å². The minimum atomic E-state index is -1.06. The number of carbonyl (C=O) groups is 2. The molecule has 1 fully saturated rings. The van der Waals surface area contributed by atoms with E-state index in [1.807, 2.05) is 20.8 Å². The second-order valence-electron chi connectivity index (χ2n) is 8.47. The van der Waals surface area contributed by atoms with Gasteiger partial charge in [0, 0.05) is 11.3 Å². The first-order chi connectivity index (χ1) is 16.6. The zero-order valence-corrected chi connectivity index (χ0v) is 20.7. The van der Waals surface area contributed by atoms with E-state index in [1.165, 1.54) is 30.3 Å². The quantitative estimate of drug-likeness (QED) is 0.230. The number of hydrogen-bond donors (Lipinski definition) is 1. The largest absolute Gasteiger partial charge is 0.507 e. The van der Waals surface area contributed by atoms with Crippen LogP contribution in [-0.4, -0.2) is 22.9 Å². The number of aliphatic hydroxyl groups is 1. The molecule has 0 bridgehead atoms. The minimum Gasteiger partial charge on any atom is -0.507 e. The van der Waals surface area contributed by atoms with Crippen LogP contribution in [0.4, 0.5) is 10.1 Å². The van der Waals surface area contributed by atoms with Gasteiger partial charge in [-0.25, -0.2) is 4.39 Å². The van der Waals surface area contributed by atoms with Crippen molar-refractivity contribution in [3.8, 4) is 5.75 Å². The predicted molar refractivity (Wildman–Crippen MR) is 135 cm³/mol. The SMILES string of the molecule is Cc1cc(/C(O)=C2/C(=O)C(=O)N(c3cccc(F)c3)C2c2ccc(Cl)c(Cl)c2)ccc1OC(C)C. The van der Waals surface area contributed by atoms with Crippen LogP contribution in [-0.2, 0) is 9.59 Å². The number of rotatable bonds is 5. The zero-order chi connectivity index (χ0) is 25.4. The van der Waals surface area contributed by atoms with Gasteiger partial charge in [0.05, 0.1) is 27.8 Å². The molecule has 3 aromatic carbocycles. The molecule has 0 radical (unpaired) electrons. The molecule has 8 heteroatoms. The summed E-state index contributed by atoms with van der Waals surface area (Å²) in [5, 5.41) is 11.8. The highest BCUT2D eigenvalue weighted by Gasteiger charge is 2.47. The smallest absolute Gasteiger partial charge is 0.300 e. The molecule has 1 heterocycles. The molecule has 1 saturated heterocycles. The summed E-state index contributed by atoms with van der Waals surface area (Å²) in [5.41, 5.74) is 1.53. The molecule has 0 aromatic heterocycles. The lowest BCUT2D eigenvalue weighted by Gasteiger charge is -2.25. The van der Waals surface area contributed by atoms with Crippen molar-refractivity contribution < 1.29 is 23.8 Å². The number of ether oxygens (including phenoxy) is 1. The van der Waals surface area contributed by atoms with Gasteiger partial charge in [-0.3, -0.25) is 14.5 Å². The molecule has 1 aliphatic rings. The minimum absolute atomic E-state index is 0.0422. The Balaban J connectivity index is 1.92. The van der Waals surface area contributed by atoms with Crippen LogP contribution in [0, 0.1) is 12.7 Å². The standard InChI is InChI=1S/C27H22Cl2FNO4/c1-14(2)35-22-10-8-17(11-15(22)3)25(32)23-24(16-7-9-20(28)21(29)12-16)31(27(34)26(23)33)19-6-4-5-18(30)13-19/h4-14,24,32H,1-3H3/b25-23-. The van der Waals surface area contributed by atoms with Gasteiger partial charge in [-0.1, -0.05) is 35.3 Å². The van der Waals surface area contributed by atoms with Gasteiger partial charge in [0.1, 0.15) is 17.3 Å². The van der Waals surface area contributed by atoms with Gasteiger partial charge in [-0.05, 0) is 80.4 Å². The van der Waals surface area contributed by atoms with E-state index >= 15 is 0 Å². The number of hydrogen-bond acceptors (Lipinski definition) is 4. The number of carbonyl (C=O) groups excluding carboxylic acids is 2. The van der Waals surface area contributed by atoms with Crippen LogP contribution in [0.5, 0.6) is 5.75 Å². The van der Waals surface area contributed by atoms with Crippen molar-refractivity contribution in [1.29, 1.82) is 0 Å². The number of anilines is 1. The van der Waals surface area contributed by atoms with Crippen molar-refractivity contribution in [2.45, 2.75) is 32.9 Å². The van der Waals surface area contributed by atoms with Gasteiger partial charge in [-0.2, -0.15) is 0 Å². The summed E-state index contributed by atoms with van der Waals surface area (Å²) >= 11 is 12.3. The number of aliphatic hydroxyl groups excluding tert-OH is 1. The predicted octanol–water partition coefficient (Wildman–Crippen LogP) is 6.85. The van der Waals surface area contributed by atoms with Crippen LogP contribution in [0.25, 0.3) is 5.76 Å². The van der Waals surface area contributed by atoms with E-state index in [1.54, 1.807) is 24.3 Å². The summed E-state index contributed by atoms with van der Waals surface area (Å²) in [4.78, 5) is 27.6. The summed E-state index contributed by atoms with van der Waals surface area (Å²) in [6, 6.07) is 13.9. The summed E-state index contributed by atoms with van der Waals surface area (Å²) in [5.74, 6) is -2.10. The van der Waals surface area contributed by atoms with Gasteiger partial charge in [0.2, 0.25) is 0 Å². The Morgan fingerprint density at radius 1 is 1.03 bits per heavy atom. The summed E-state index contributed by atoms with van der Waals surface area (Å²) < 4.78 is 19.8. The lowest BCUT2D eigenvalue weighted by atomic mass is 9.94. The maximum Gasteiger partial charge on any atom is 0.300 e. The fraction of sp³-hybridized carbons (Fsp3) is 0.185. The second-order valence-corrected chi connectivity index (χ2v) is 9.28. The summed E-state index contributed by atoms with van der Waals surface area (Å²) in [6.07, 6.45) is -0.0422. The van der Waals surface area contributed by atoms with Crippen molar-refractivity contribution in [3.05, 3.63) is 98.8 Å².